The molecule has 0 aliphatic carbocycles. The van der Waals surface area contributed by atoms with Crippen molar-refractivity contribution in [3.05, 3.63) is 86.7 Å². The zero-order valence-corrected chi connectivity index (χ0v) is 14.9. The summed E-state index contributed by atoms with van der Waals surface area (Å²) in [5.41, 5.74) is -3.07. The van der Waals surface area contributed by atoms with Gasteiger partial charge in [-0.1, -0.05) is 6.07 Å². The maximum absolute atomic E-state index is 12.8. The molecule has 0 saturated heterocycles. The van der Waals surface area contributed by atoms with E-state index < -0.39 is 34.5 Å². The fourth-order valence-corrected chi connectivity index (χ4v) is 2.57. The lowest BCUT2D eigenvalue weighted by Crippen LogP contribution is -2.38. The molecular weight excluding hydrogens is 391 g/mol. The van der Waals surface area contributed by atoms with Gasteiger partial charge in [-0.15, -0.1) is 0 Å². The van der Waals surface area contributed by atoms with Crippen LogP contribution in [0.3, 0.4) is 0 Å². The first kappa shape index (κ1) is 19.9. The third kappa shape index (κ3) is 4.21. The number of ether oxygens (including phenoxy) is 1. The van der Waals surface area contributed by atoms with Crippen molar-refractivity contribution >= 4 is 11.6 Å². The summed E-state index contributed by atoms with van der Waals surface area (Å²) in [5.74, 6) is -0.468. The predicted molar refractivity (Wildman–Crippen MR) is 98.6 cm³/mol. The number of hydrogen-bond acceptors (Lipinski definition) is 4. The summed E-state index contributed by atoms with van der Waals surface area (Å²) >= 11 is 0. The van der Waals surface area contributed by atoms with Crippen LogP contribution < -0.4 is 21.3 Å². The lowest BCUT2D eigenvalue weighted by Gasteiger charge is -2.11. The van der Waals surface area contributed by atoms with Gasteiger partial charge in [0.25, 0.3) is 11.5 Å². The van der Waals surface area contributed by atoms with Crippen molar-refractivity contribution in [2.24, 2.45) is 0 Å². The van der Waals surface area contributed by atoms with Gasteiger partial charge >= 0.3 is 11.9 Å². The minimum atomic E-state index is -4.58. The van der Waals surface area contributed by atoms with Gasteiger partial charge in [-0.05, 0) is 42.5 Å². The molecule has 0 aliphatic heterocycles. The van der Waals surface area contributed by atoms with Crippen LogP contribution in [0.15, 0.2) is 64.3 Å². The Balaban J connectivity index is 1.96. The monoisotopic (exact) mass is 405 g/mol. The van der Waals surface area contributed by atoms with E-state index in [4.69, 9.17) is 4.74 Å². The number of aromatic amines is 1. The minimum Gasteiger partial charge on any atom is -0.497 e. The van der Waals surface area contributed by atoms with Crippen molar-refractivity contribution in [1.29, 1.82) is 0 Å². The molecule has 3 aromatic rings. The number of rotatable bonds is 4. The number of H-pyrrole nitrogens is 1. The standard InChI is InChI=1S/C19H14F3N3O4/c1-29-14-7-5-13(6-8-14)25-17(27)15(10-23-18(25)28)16(26)24-12-4-2-3-11(9-12)19(20,21)22/h2-10H,1H3,(H,23,28)(H,24,26). The molecule has 1 aromatic heterocycles. The molecule has 0 atom stereocenters. The Hall–Kier alpha value is -3.82. The SMILES string of the molecule is COc1ccc(-n2c(=O)[nH]cc(C(=O)Nc3cccc(C(F)(F)F)c3)c2=O)cc1. The first-order chi connectivity index (χ1) is 13.7. The third-order valence-electron chi connectivity index (χ3n) is 4.00. The Labute approximate surface area is 161 Å². The number of anilines is 1. The van der Waals surface area contributed by atoms with E-state index >= 15 is 0 Å². The zero-order chi connectivity index (χ0) is 21.2. The van der Waals surface area contributed by atoms with Gasteiger partial charge < -0.3 is 15.0 Å². The number of halogens is 3. The molecule has 0 radical (unpaired) electrons. The highest BCUT2D eigenvalue weighted by Crippen LogP contribution is 2.30. The van der Waals surface area contributed by atoms with Gasteiger partial charge in [-0.2, -0.15) is 13.2 Å². The van der Waals surface area contributed by atoms with E-state index in [0.29, 0.717) is 5.75 Å². The van der Waals surface area contributed by atoms with E-state index in [2.05, 4.69) is 10.3 Å². The highest BCUT2D eigenvalue weighted by Gasteiger charge is 2.30. The van der Waals surface area contributed by atoms with Crippen LogP contribution in [0.5, 0.6) is 5.75 Å². The molecule has 7 nitrogen and oxygen atoms in total. The number of nitrogens with zero attached hydrogens (tertiary/aromatic N) is 1. The van der Waals surface area contributed by atoms with Crippen LogP contribution in [0, 0.1) is 0 Å². The Morgan fingerprint density at radius 3 is 2.41 bits per heavy atom. The van der Waals surface area contributed by atoms with Crippen LogP contribution in [-0.4, -0.2) is 22.6 Å². The van der Waals surface area contributed by atoms with Gasteiger partial charge in [-0.3, -0.25) is 9.59 Å². The lowest BCUT2D eigenvalue weighted by atomic mass is 10.2. The van der Waals surface area contributed by atoms with Crippen molar-refractivity contribution in [3.63, 3.8) is 0 Å². The number of amides is 1. The number of benzene rings is 2. The lowest BCUT2D eigenvalue weighted by molar-refractivity contribution is -0.137. The topological polar surface area (TPSA) is 93.2 Å². The van der Waals surface area contributed by atoms with Crippen LogP contribution in [0.1, 0.15) is 15.9 Å². The van der Waals surface area contributed by atoms with Crippen LogP contribution in [0.4, 0.5) is 18.9 Å². The highest BCUT2D eigenvalue weighted by atomic mass is 19.4. The van der Waals surface area contributed by atoms with Crippen molar-refractivity contribution in [2.45, 2.75) is 6.18 Å². The van der Waals surface area contributed by atoms with E-state index in [9.17, 15) is 27.6 Å². The second kappa shape index (κ2) is 7.66. The van der Waals surface area contributed by atoms with Crippen LogP contribution in [0.25, 0.3) is 5.69 Å². The van der Waals surface area contributed by atoms with E-state index in [1.54, 1.807) is 0 Å². The molecule has 1 amide bonds. The molecule has 3 rings (SSSR count). The summed E-state index contributed by atoms with van der Waals surface area (Å²) in [6.07, 6.45) is -3.67. The molecule has 10 heteroatoms. The van der Waals surface area contributed by atoms with Crippen molar-refractivity contribution in [3.8, 4) is 11.4 Å². The molecule has 29 heavy (non-hydrogen) atoms. The number of nitrogens with one attached hydrogen (secondary N) is 2. The number of aromatic nitrogens is 2. The average Bonchev–Trinajstić information content (AvgIpc) is 2.68. The van der Waals surface area contributed by atoms with E-state index in [1.165, 1.54) is 37.4 Å². The molecule has 0 saturated carbocycles. The molecular formula is C19H14F3N3O4. The molecule has 1 heterocycles. The smallest absolute Gasteiger partial charge is 0.416 e. The number of alkyl halides is 3. The average molecular weight is 405 g/mol. The number of hydrogen-bond donors (Lipinski definition) is 2. The van der Waals surface area contributed by atoms with Gasteiger partial charge in [0.1, 0.15) is 11.3 Å². The molecule has 150 valence electrons. The van der Waals surface area contributed by atoms with E-state index in [1.807, 2.05) is 0 Å². The van der Waals surface area contributed by atoms with Crippen LogP contribution in [-0.2, 0) is 6.18 Å². The molecule has 0 aliphatic rings. The number of carbonyl (C=O) groups is 1. The van der Waals surface area contributed by atoms with E-state index in [-0.39, 0.29) is 11.4 Å². The molecule has 2 N–H and O–H groups in total. The maximum Gasteiger partial charge on any atom is 0.416 e. The number of carbonyl (C=O) groups excluding carboxylic acids is 1. The Morgan fingerprint density at radius 2 is 1.79 bits per heavy atom. The summed E-state index contributed by atoms with van der Waals surface area (Å²) in [4.78, 5) is 39.5. The third-order valence-corrected chi connectivity index (χ3v) is 4.00. The highest BCUT2D eigenvalue weighted by molar-refractivity contribution is 6.03. The van der Waals surface area contributed by atoms with Gasteiger partial charge in [0.2, 0.25) is 0 Å². The van der Waals surface area contributed by atoms with Crippen LogP contribution >= 0.6 is 0 Å². The Bertz CT molecular complexity index is 1160. The summed E-state index contributed by atoms with van der Waals surface area (Å²) in [6, 6.07) is 9.92. The second-order valence-corrected chi connectivity index (χ2v) is 5.88. The van der Waals surface area contributed by atoms with Gasteiger partial charge in [-0.25, -0.2) is 9.36 Å². The first-order valence-electron chi connectivity index (χ1n) is 8.18. The van der Waals surface area contributed by atoms with Crippen molar-refractivity contribution in [2.75, 3.05) is 12.4 Å². The number of methoxy groups -OCH3 is 1. The fraction of sp³-hybridized carbons (Fsp3) is 0.105. The summed E-state index contributed by atoms with van der Waals surface area (Å²) in [6.45, 7) is 0. The first-order valence-corrected chi connectivity index (χ1v) is 8.18. The van der Waals surface area contributed by atoms with E-state index in [0.717, 1.165) is 29.0 Å². The summed E-state index contributed by atoms with van der Waals surface area (Å²) < 4.78 is 44.2. The normalized spacial score (nSPS) is 11.2. The Kier molecular flexibility index (Phi) is 5.26. The quantitative estimate of drug-likeness (QED) is 0.698. The second-order valence-electron chi connectivity index (χ2n) is 5.88. The van der Waals surface area contributed by atoms with Gasteiger partial charge in [0, 0.05) is 11.9 Å². The fourth-order valence-electron chi connectivity index (χ4n) is 2.57. The molecule has 2 aromatic carbocycles. The van der Waals surface area contributed by atoms with Gasteiger partial charge in [0.05, 0.1) is 18.4 Å². The largest absolute Gasteiger partial charge is 0.497 e. The zero-order valence-electron chi connectivity index (χ0n) is 14.9. The van der Waals surface area contributed by atoms with Crippen molar-refractivity contribution in [1.82, 2.24) is 9.55 Å². The molecule has 0 spiro atoms. The minimum absolute atomic E-state index is 0.147. The predicted octanol–water partition coefficient (Wildman–Crippen LogP) is 2.81. The maximum atomic E-state index is 12.8. The molecule has 0 fully saturated rings. The van der Waals surface area contributed by atoms with Crippen molar-refractivity contribution < 1.29 is 22.7 Å². The molecule has 0 bridgehead atoms. The summed E-state index contributed by atoms with van der Waals surface area (Å²) in [7, 11) is 1.45. The summed E-state index contributed by atoms with van der Waals surface area (Å²) in [5, 5.41) is 2.23. The van der Waals surface area contributed by atoms with Crippen LogP contribution in [0.2, 0.25) is 0 Å². The molecule has 0 unspecified atom stereocenters. The Morgan fingerprint density at radius 1 is 1.10 bits per heavy atom. The van der Waals surface area contributed by atoms with Gasteiger partial charge in [0.15, 0.2) is 0 Å².